The molecule has 1 aromatic rings. The Hall–Kier alpha value is -0.820. The van der Waals surface area contributed by atoms with E-state index in [-0.39, 0.29) is 5.41 Å². The predicted molar refractivity (Wildman–Crippen MR) is 63.3 cm³/mol. The van der Waals surface area contributed by atoms with E-state index in [1.165, 1.54) is 28.7 Å². The minimum absolute atomic E-state index is 0.0859. The van der Waals surface area contributed by atoms with Crippen LogP contribution in [0.5, 0.6) is 0 Å². The zero-order valence-corrected chi connectivity index (χ0v) is 9.93. The minimum Gasteiger partial charge on any atom is -0.395 e. The van der Waals surface area contributed by atoms with Crippen LogP contribution in [0, 0.1) is 20.8 Å². The highest BCUT2D eigenvalue weighted by atomic mass is 16.3. The molecule has 1 aromatic carbocycles. The molecule has 1 heteroatoms. The van der Waals surface area contributed by atoms with Crippen LogP contribution in [0.4, 0.5) is 0 Å². The first kappa shape index (κ1) is 10.7. The molecule has 0 heterocycles. The zero-order chi connectivity index (χ0) is 11.1. The van der Waals surface area contributed by atoms with Crippen molar-refractivity contribution in [2.24, 2.45) is 0 Å². The van der Waals surface area contributed by atoms with E-state index in [4.69, 9.17) is 0 Å². The van der Waals surface area contributed by atoms with Gasteiger partial charge in [-0.25, -0.2) is 0 Å². The molecule has 82 valence electrons. The largest absolute Gasteiger partial charge is 0.395 e. The van der Waals surface area contributed by atoms with Crippen molar-refractivity contribution >= 4 is 0 Å². The molecule has 1 saturated carbocycles. The Morgan fingerprint density at radius 1 is 1.07 bits per heavy atom. The fraction of sp³-hybridized carbons (Fsp3) is 0.571. The smallest absolute Gasteiger partial charge is 0.0528 e. The van der Waals surface area contributed by atoms with Crippen LogP contribution in [0.3, 0.4) is 0 Å². The number of hydrogen-bond donors (Lipinski definition) is 1. The van der Waals surface area contributed by atoms with Gasteiger partial charge in [-0.15, -0.1) is 0 Å². The summed E-state index contributed by atoms with van der Waals surface area (Å²) in [6.45, 7) is 6.77. The Kier molecular flexibility index (Phi) is 2.59. The van der Waals surface area contributed by atoms with Gasteiger partial charge in [0.25, 0.3) is 0 Å². The molecule has 0 bridgehead atoms. The Morgan fingerprint density at radius 3 is 2.13 bits per heavy atom. The molecule has 0 aliphatic heterocycles. The lowest BCUT2D eigenvalue weighted by Crippen LogP contribution is -2.38. The second-order valence-corrected chi connectivity index (χ2v) is 5.04. The Balaban J connectivity index is 2.47. The van der Waals surface area contributed by atoms with Gasteiger partial charge in [0.2, 0.25) is 0 Å². The third kappa shape index (κ3) is 1.59. The van der Waals surface area contributed by atoms with E-state index in [1.807, 2.05) is 0 Å². The van der Waals surface area contributed by atoms with Crippen molar-refractivity contribution < 1.29 is 5.11 Å². The van der Waals surface area contributed by atoms with Crippen molar-refractivity contribution in [2.45, 2.75) is 45.4 Å². The van der Waals surface area contributed by atoms with Crippen LogP contribution in [-0.2, 0) is 5.41 Å². The molecule has 1 aliphatic carbocycles. The van der Waals surface area contributed by atoms with E-state index in [9.17, 15) is 5.11 Å². The summed E-state index contributed by atoms with van der Waals surface area (Å²) in [4.78, 5) is 0. The standard InChI is InChI=1S/C14H20O/c1-10-7-12(3)13(8-11(10)2)14(9-15)5-4-6-14/h7-8,15H,4-6,9H2,1-3H3. The van der Waals surface area contributed by atoms with Gasteiger partial charge < -0.3 is 5.11 Å². The van der Waals surface area contributed by atoms with Crippen LogP contribution < -0.4 is 0 Å². The molecular weight excluding hydrogens is 184 g/mol. The van der Waals surface area contributed by atoms with E-state index in [2.05, 4.69) is 32.9 Å². The summed E-state index contributed by atoms with van der Waals surface area (Å²) in [5.74, 6) is 0. The summed E-state index contributed by atoms with van der Waals surface area (Å²) < 4.78 is 0. The number of aryl methyl sites for hydroxylation is 3. The van der Waals surface area contributed by atoms with Crippen molar-refractivity contribution in [2.75, 3.05) is 6.61 Å². The third-order valence-electron chi connectivity index (χ3n) is 4.03. The van der Waals surface area contributed by atoms with Gasteiger partial charge in [-0.05, 0) is 55.9 Å². The molecule has 0 unspecified atom stereocenters. The average molecular weight is 204 g/mol. The van der Waals surface area contributed by atoms with E-state index in [1.54, 1.807) is 0 Å². The first-order valence-electron chi connectivity index (χ1n) is 5.78. The quantitative estimate of drug-likeness (QED) is 0.785. The predicted octanol–water partition coefficient (Wildman–Crippen LogP) is 3.03. The topological polar surface area (TPSA) is 20.2 Å². The van der Waals surface area contributed by atoms with Crippen LogP contribution in [0.1, 0.15) is 41.5 Å². The fourth-order valence-corrected chi connectivity index (χ4v) is 2.65. The Morgan fingerprint density at radius 2 is 1.67 bits per heavy atom. The number of rotatable bonds is 2. The maximum Gasteiger partial charge on any atom is 0.0528 e. The van der Waals surface area contributed by atoms with Crippen LogP contribution in [-0.4, -0.2) is 11.7 Å². The zero-order valence-electron chi connectivity index (χ0n) is 9.93. The van der Waals surface area contributed by atoms with Crippen molar-refractivity contribution in [3.05, 3.63) is 34.4 Å². The van der Waals surface area contributed by atoms with Crippen LogP contribution in [0.25, 0.3) is 0 Å². The third-order valence-corrected chi connectivity index (χ3v) is 4.03. The highest BCUT2D eigenvalue weighted by Crippen LogP contribution is 2.44. The van der Waals surface area contributed by atoms with Gasteiger partial charge in [0, 0.05) is 5.41 Å². The molecule has 0 radical (unpaired) electrons. The lowest BCUT2D eigenvalue weighted by molar-refractivity contribution is 0.119. The molecule has 0 amide bonds. The van der Waals surface area contributed by atoms with Gasteiger partial charge in [0.05, 0.1) is 6.61 Å². The molecular formula is C14H20O. The van der Waals surface area contributed by atoms with Crippen molar-refractivity contribution in [3.63, 3.8) is 0 Å². The van der Waals surface area contributed by atoms with Crippen molar-refractivity contribution in [1.29, 1.82) is 0 Å². The minimum atomic E-state index is 0.0859. The summed E-state index contributed by atoms with van der Waals surface area (Å²) in [5, 5.41) is 9.57. The van der Waals surface area contributed by atoms with Crippen molar-refractivity contribution in [1.82, 2.24) is 0 Å². The van der Waals surface area contributed by atoms with Gasteiger partial charge >= 0.3 is 0 Å². The molecule has 2 rings (SSSR count). The maximum atomic E-state index is 9.57. The number of benzene rings is 1. The van der Waals surface area contributed by atoms with Gasteiger partial charge in [-0.3, -0.25) is 0 Å². The van der Waals surface area contributed by atoms with Crippen LogP contribution in [0.2, 0.25) is 0 Å². The SMILES string of the molecule is Cc1cc(C)c(C2(CO)CCC2)cc1C. The summed E-state index contributed by atoms with van der Waals surface area (Å²) in [6.07, 6.45) is 3.55. The van der Waals surface area contributed by atoms with E-state index in [0.29, 0.717) is 6.61 Å². The van der Waals surface area contributed by atoms with Crippen molar-refractivity contribution in [3.8, 4) is 0 Å². The van der Waals surface area contributed by atoms with E-state index >= 15 is 0 Å². The average Bonchev–Trinajstić information content (AvgIpc) is 2.12. The Bertz CT molecular complexity index is 370. The second kappa shape index (κ2) is 3.64. The molecule has 15 heavy (non-hydrogen) atoms. The molecule has 0 spiro atoms. The van der Waals surface area contributed by atoms with Gasteiger partial charge in [0.15, 0.2) is 0 Å². The maximum absolute atomic E-state index is 9.57. The van der Waals surface area contributed by atoms with Gasteiger partial charge in [0.1, 0.15) is 0 Å². The number of aliphatic hydroxyl groups excluding tert-OH is 1. The summed E-state index contributed by atoms with van der Waals surface area (Å²) in [5.41, 5.74) is 5.49. The second-order valence-electron chi connectivity index (χ2n) is 5.04. The summed E-state index contributed by atoms with van der Waals surface area (Å²) >= 11 is 0. The van der Waals surface area contributed by atoms with E-state index < -0.39 is 0 Å². The lowest BCUT2D eigenvalue weighted by atomic mass is 9.63. The molecule has 1 fully saturated rings. The first-order chi connectivity index (χ1) is 7.09. The highest BCUT2D eigenvalue weighted by Gasteiger charge is 2.39. The van der Waals surface area contributed by atoms with Crippen LogP contribution in [0.15, 0.2) is 12.1 Å². The van der Waals surface area contributed by atoms with Gasteiger partial charge in [-0.1, -0.05) is 18.6 Å². The van der Waals surface area contributed by atoms with Gasteiger partial charge in [-0.2, -0.15) is 0 Å². The molecule has 0 saturated heterocycles. The number of aliphatic hydroxyl groups is 1. The molecule has 1 aliphatic rings. The van der Waals surface area contributed by atoms with E-state index in [0.717, 1.165) is 12.8 Å². The molecule has 1 N–H and O–H groups in total. The number of hydrogen-bond acceptors (Lipinski definition) is 1. The molecule has 0 atom stereocenters. The fourth-order valence-electron chi connectivity index (χ4n) is 2.65. The highest BCUT2D eigenvalue weighted by molar-refractivity contribution is 5.42. The van der Waals surface area contributed by atoms with Crippen LogP contribution >= 0.6 is 0 Å². The Labute approximate surface area is 92.1 Å². The normalized spacial score (nSPS) is 18.7. The first-order valence-corrected chi connectivity index (χ1v) is 5.78. The summed E-state index contributed by atoms with van der Waals surface area (Å²) in [7, 11) is 0. The molecule has 0 aromatic heterocycles. The lowest BCUT2D eigenvalue weighted by Gasteiger charge is -2.42. The molecule has 1 nitrogen and oxygen atoms in total. The monoisotopic (exact) mass is 204 g/mol. The summed E-state index contributed by atoms with van der Waals surface area (Å²) in [6, 6.07) is 4.53.